The number of ether oxygens (including phenoxy) is 1. The quantitative estimate of drug-likeness (QED) is 0.396. The molecular weight excluding hydrogens is 394 g/mol. The normalized spacial score (nSPS) is 10.6. The van der Waals surface area contributed by atoms with E-state index in [-0.39, 0.29) is 5.91 Å². The Hall–Kier alpha value is -2.44. The van der Waals surface area contributed by atoms with E-state index in [9.17, 15) is 4.79 Å². The van der Waals surface area contributed by atoms with Crippen molar-refractivity contribution in [2.24, 2.45) is 0 Å². The molecule has 0 aliphatic carbocycles. The maximum Gasteiger partial charge on any atom is 0.224 e. The van der Waals surface area contributed by atoms with Gasteiger partial charge in [0.25, 0.3) is 0 Å². The van der Waals surface area contributed by atoms with E-state index in [1.54, 1.807) is 18.0 Å². The van der Waals surface area contributed by atoms with Crippen molar-refractivity contribution in [3.63, 3.8) is 0 Å². The molecule has 0 aliphatic heterocycles. The molecule has 1 heterocycles. The summed E-state index contributed by atoms with van der Waals surface area (Å²) in [4.78, 5) is 19.7. The lowest BCUT2D eigenvalue weighted by Crippen LogP contribution is -2.27. The van der Waals surface area contributed by atoms with Gasteiger partial charge >= 0.3 is 0 Å². The van der Waals surface area contributed by atoms with E-state index in [0.717, 1.165) is 33.5 Å². The number of nitrogens with one attached hydrogen (secondary N) is 2. The second-order valence-corrected chi connectivity index (χ2v) is 7.58. The van der Waals surface area contributed by atoms with Crippen molar-refractivity contribution in [1.29, 1.82) is 0 Å². The van der Waals surface area contributed by atoms with Gasteiger partial charge in [-0.2, -0.15) is 0 Å². The number of rotatable bonds is 9. The van der Waals surface area contributed by atoms with Crippen molar-refractivity contribution >= 4 is 29.3 Å². The van der Waals surface area contributed by atoms with E-state index in [1.807, 2.05) is 55.5 Å². The lowest BCUT2D eigenvalue weighted by atomic mass is 10.1. The highest BCUT2D eigenvalue weighted by molar-refractivity contribution is 7.99. The first-order chi connectivity index (χ1) is 13.6. The number of benzene rings is 2. The molecule has 0 radical (unpaired) electrons. The van der Waals surface area contributed by atoms with Crippen molar-refractivity contribution in [2.45, 2.75) is 18.5 Å². The molecule has 2 aromatic carbocycles. The molecule has 0 unspecified atom stereocenters. The molecular formula is C21H22ClN3O2S. The minimum absolute atomic E-state index is 0.00561. The molecule has 0 bridgehead atoms. The van der Waals surface area contributed by atoms with Gasteiger partial charge in [0.15, 0.2) is 5.16 Å². The van der Waals surface area contributed by atoms with Crippen molar-refractivity contribution in [3.8, 4) is 17.0 Å². The summed E-state index contributed by atoms with van der Waals surface area (Å²) in [7, 11) is 0. The third kappa shape index (κ3) is 6.04. The van der Waals surface area contributed by atoms with Gasteiger partial charge in [-0.15, -0.1) is 0 Å². The van der Waals surface area contributed by atoms with Gasteiger partial charge in [-0.3, -0.25) is 4.79 Å². The first-order valence-electron chi connectivity index (χ1n) is 9.06. The number of hydrogen-bond acceptors (Lipinski definition) is 4. The number of carbonyl (C=O) groups is 1. The molecule has 28 heavy (non-hydrogen) atoms. The number of imidazole rings is 1. The summed E-state index contributed by atoms with van der Waals surface area (Å²) in [5.74, 6) is 1.56. The monoisotopic (exact) mass is 415 g/mol. The van der Waals surface area contributed by atoms with Crippen LogP contribution in [0.5, 0.6) is 5.75 Å². The molecule has 1 aromatic heterocycles. The maximum absolute atomic E-state index is 12.1. The van der Waals surface area contributed by atoms with E-state index in [4.69, 9.17) is 16.3 Å². The summed E-state index contributed by atoms with van der Waals surface area (Å²) in [6.07, 6.45) is 2.16. The van der Waals surface area contributed by atoms with Crippen LogP contribution in [0, 0.1) is 0 Å². The summed E-state index contributed by atoms with van der Waals surface area (Å²) in [5, 5.41) is 4.47. The lowest BCUT2D eigenvalue weighted by molar-refractivity contribution is -0.120. The second-order valence-electron chi connectivity index (χ2n) is 6.06. The second kappa shape index (κ2) is 10.2. The number of aromatic nitrogens is 2. The molecule has 2 N–H and O–H groups in total. The average Bonchev–Trinajstić information content (AvgIpc) is 3.16. The number of halogens is 1. The third-order valence-electron chi connectivity index (χ3n) is 3.97. The van der Waals surface area contributed by atoms with Crippen LogP contribution in [0.25, 0.3) is 11.3 Å². The Labute approximate surface area is 173 Å². The Bertz CT molecular complexity index is 895. The Morgan fingerprint density at radius 2 is 1.93 bits per heavy atom. The van der Waals surface area contributed by atoms with Gasteiger partial charge in [-0.25, -0.2) is 4.98 Å². The van der Waals surface area contributed by atoms with Crippen LogP contribution >= 0.6 is 23.4 Å². The molecule has 7 heteroatoms. The summed E-state index contributed by atoms with van der Waals surface area (Å²) >= 11 is 7.49. The fraction of sp³-hybridized carbons (Fsp3) is 0.238. The van der Waals surface area contributed by atoms with Crippen molar-refractivity contribution in [3.05, 3.63) is 65.3 Å². The van der Waals surface area contributed by atoms with Crippen molar-refractivity contribution in [1.82, 2.24) is 15.3 Å². The van der Waals surface area contributed by atoms with Crippen molar-refractivity contribution < 1.29 is 9.53 Å². The predicted molar refractivity (Wildman–Crippen MR) is 114 cm³/mol. The van der Waals surface area contributed by atoms with Gasteiger partial charge in [-0.05, 0) is 42.3 Å². The molecule has 0 saturated carbocycles. The Morgan fingerprint density at radius 3 is 2.64 bits per heavy atom. The Balaban J connectivity index is 1.39. The van der Waals surface area contributed by atoms with Crippen LogP contribution in [0.2, 0.25) is 5.02 Å². The summed E-state index contributed by atoms with van der Waals surface area (Å²) in [6, 6.07) is 15.2. The Morgan fingerprint density at radius 1 is 1.18 bits per heavy atom. The van der Waals surface area contributed by atoms with Gasteiger partial charge in [-0.1, -0.05) is 47.6 Å². The van der Waals surface area contributed by atoms with Crippen LogP contribution < -0.4 is 10.1 Å². The number of H-pyrrole nitrogens is 1. The number of hydrogen-bond donors (Lipinski definition) is 2. The first kappa shape index (κ1) is 20.3. The third-order valence-corrected chi connectivity index (χ3v) is 5.11. The zero-order valence-electron chi connectivity index (χ0n) is 15.6. The van der Waals surface area contributed by atoms with Crippen molar-refractivity contribution in [2.75, 3.05) is 18.9 Å². The van der Waals surface area contributed by atoms with Crippen LogP contribution in [0.15, 0.2) is 59.9 Å². The fourth-order valence-corrected chi connectivity index (χ4v) is 3.44. The standard InChI is InChI=1S/C21H22ClN3O2S/c1-2-27-18-9-3-15(4-10-18)13-20(26)23-11-12-28-21-24-14-19(25-21)16-5-7-17(22)8-6-16/h3-10,14H,2,11-13H2,1H3,(H,23,26)(H,24,25). The van der Waals surface area contributed by atoms with Gasteiger partial charge in [0, 0.05) is 17.3 Å². The van der Waals surface area contributed by atoms with E-state index < -0.39 is 0 Å². The lowest BCUT2D eigenvalue weighted by Gasteiger charge is -2.06. The number of thioether (sulfide) groups is 1. The zero-order chi connectivity index (χ0) is 19.8. The molecule has 1 amide bonds. The topological polar surface area (TPSA) is 67.0 Å². The predicted octanol–water partition coefficient (Wildman–Crippen LogP) is 4.58. The molecule has 146 valence electrons. The SMILES string of the molecule is CCOc1ccc(CC(=O)NCCSc2ncc(-c3ccc(Cl)cc3)[nH]2)cc1. The van der Waals surface area contributed by atoms with Gasteiger partial charge in [0.1, 0.15) is 5.75 Å². The molecule has 0 atom stereocenters. The van der Waals surface area contributed by atoms with Gasteiger partial charge in [0.2, 0.25) is 5.91 Å². The summed E-state index contributed by atoms with van der Waals surface area (Å²) in [6.45, 7) is 3.16. The highest BCUT2D eigenvalue weighted by Gasteiger charge is 2.06. The van der Waals surface area contributed by atoms with Crippen LogP contribution in [0.3, 0.4) is 0 Å². The summed E-state index contributed by atoms with van der Waals surface area (Å²) < 4.78 is 5.40. The van der Waals surface area contributed by atoms with Gasteiger partial charge in [0.05, 0.1) is 24.9 Å². The molecule has 3 aromatic rings. The minimum atomic E-state index is 0.00561. The number of amides is 1. The molecule has 0 spiro atoms. The number of carbonyl (C=O) groups excluding carboxylic acids is 1. The van der Waals surface area contributed by atoms with E-state index in [1.165, 1.54) is 0 Å². The van der Waals surface area contributed by atoms with Crippen LogP contribution in [-0.2, 0) is 11.2 Å². The summed E-state index contributed by atoms with van der Waals surface area (Å²) in [5.41, 5.74) is 2.94. The molecule has 3 rings (SSSR count). The van der Waals surface area contributed by atoms with Crippen LogP contribution in [-0.4, -0.2) is 34.8 Å². The molecule has 0 saturated heterocycles. The smallest absolute Gasteiger partial charge is 0.224 e. The van der Waals surface area contributed by atoms with E-state index in [0.29, 0.717) is 24.6 Å². The largest absolute Gasteiger partial charge is 0.494 e. The molecule has 0 fully saturated rings. The highest BCUT2D eigenvalue weighted by Crippen LogP contribution is 2.22. The minimum Gasteiger partial charge on any atom is -0.494 e. The van der Waals surface area contributed by atoms with Crippen LogP contribution in [0.4, 0.5) is 0 Å². The zero-order valence-corrected chi connectivity index (χ0v) is 17.1. The maximum atomic E-state index is 12.1. The fourth-order valence-electron chi connectivity index (χ4n) is 2.61. The Kier molecular flexibility index (Phi) is 7.39. The molecule has 5 nitrogen and oxygen atoms in total. The van der Waals surface area contributed by atoms with E-state index >= 15 is 0 Å². The average molecular weight is 416 g/mol. The number of nitrogens with zero attached hydrogens (tertiary/aromatic N) is 1. The van der Waals surface area contributed by atoms with Gasteiger partial charge < -0.3 is 15.0 Å². The first-order valence-corrected chi connectivity index (χ1v) is 10.4. The molecule has 0 aliphatic rings. The van der Waals surface area contributed by atoms with E-state index in [2.05, 4.69) is 15.3 Å². The highest BCUT2D eigenvalue weighted by atomic mass is 35.5. The number of aromatic amines is 1. The van der Waals surface area contributed by atoms with Crippen LogP contribution in [0.1, 0.15) is 12.5 Å².